The molecule has 0 aliphatic rings. The van der Waals surface area contributed by atoms with Gasteiger partial charge in [-0.3, -0.25) is 0 Å². The molecule has 76 valence electrons. The number of hydrogen-bond acceptors (Lipinski definition) is 2. The van der Waals surface area contributed by atoms with Crippen molar-refractivity contribution in [1.29, 1.82) is 0 Å². The molecule has 0 aliphatic heterocycles. The normalized spacial score (nSPS) is 10.5. The van der Waals surface area contributed by atoms with E-state index in [9.17, 15) is 4.79 Å². The van der Waals surface area contributed by atoms with Gasteiger partial charge < -0.3 is 10.8 Å². The second kappa shape index (κ2) is 3.44. The summed E-state index contributed by atoms with van der Waals surface area (Å²) in [6, 6.07) is 8.39. The average molecular weight is 222 g/mol. The second-order valence-electron chi connectivity index (χ2n) is 3.24. The number of carboxylic acids is 1. The summed E-state index contributed by atoms with van der Waals surface area (Å²) in [7, 11) is 0. The molecule has 0 heterocycles. The molecule has 3 N–H and O–H groups in total. The van der Waals surface area contributed by atoms with E-state index in [2.05, 4.69) is 0 Å². The molecule has 15 heavy (non-hydrogen) atoms. The molecule has 0 atom stereocenters. The van der Waals surface area contributed by atoms with Crippen molar-refractivity contribution in [2.45, 2.75) is 0 Å². The molecule has 0 aromatic heterocycles. The highest BCUT2D eigenvalue weighted by atomic mass is 35.5. The largest absolute Gasteiger partial charge is 0.478 e. The molecular weight excluding hydrogens is 214 g/mol. The van der Waals surface area contributed by atoms with Crippen LogP contribution in [0.3, 0.4) is 0 Å². The Labute approximate surface area is 91.1 Å². The van der Waals surface area contributed by atoms with E-state index in [1.165, 1.54) is 0 Å². The fourth-order valence-corrected chi connectivity index (χ4v) is 1.65. The van der Waals surface area contributed by atoms with Crippen LogP contribution < -0.4 is 5.73 Å². The zero-order chi connectivity index (χ0) is 11.0. The number of nitrogen functional groups attached to an aromatic ring is 1. The van der Waals surface area contributed by atoms with Gasteiger partial charge in [0.15, 0.2) is 0 Å². The number of hydrogen-bond donors (Lipinski definition) is 2. The maximum absolute atomic E-state index is 10.8. The molecule has 0 unspecified atom stereocenters. The Morgan fingerprint density at radius 3 is 2.60 bits per heavy atom. The van der Waals surface area contributed by atoms with Crippen LogP contribution in [0.4, 0.5) is 5.69 Å². The highest BCUT2D eigenvalue weighted by Gasteiger charge is 2.08. The first-order valence-electron chi connectivity index (χ1n) is 4.30. The summed E-state index contributed by atoms with van der Waals surface area (Å²) >= 11 is 5.82. The molecule has 0 radical (unpaired) electrons. The molecular formula is C11H8ClNO2. The Balaban J connectivity index is 2.76. The molecule has 0 fully saturated rings. The van der Waals surface area contributed by atoms with E-state index in [4.69, 9.17) is 22.4 Å². The monoisotopic (exact) mass is 221 g/mol. The van der Waals surface area contributed by atoms with Gasteiger partial charge in [0.05, 0.1) is 5.56 Å². The van der Waals surface area contributed by atoms with Crippen LogP contribution >= 0.6 is 11.6 Å². The fraction of sp³-hybridized carbons (Fsp3) is 0. The summed E-state index contributed by atoms with van der Waals surface area (Å²) < 4.78 is 0. The summed E-state index contributed by atoms with van der Waals surface area (Å²) in [6.45, 7) is 0. The zero-order valence-electron chi connectivity index (χ0n) is 7.70. The van der Waals surface area contributed by atoms with Crippen molar-refractivity contribution in [3.05, 3.63) is 40.9 Å². The first kappa shape index (κ1) is 9.80. The Kier molecular flexibility index (Phi) is 2.25. The highest BCUT2D eigenvalue weighted by Crippen LogP contribution is 2.24. The predicted molar refractivity (Wildman–Crippen MR) is 60.3 cm³/mol. The Bertz CT molecular complexity index is 552. The maximum atomic E-state index is 10.8. The van der Waals surface area contributed by atoms with Crippen molar-refractivity contribution >= 4 is 34.0 Å². The number of anilines is 1. The van der Waals surface area contributed by atoms with Gasteiger partial charge in [0.2, 0.25) is 0 Å². The van der Waals surface area contributed by atoms with E-state index >= 15 is 0 Å². The van der Waals surface area contributed by atoms with Crippen LogP contribution in [0.15, 0.2) is 30.3 Å². The smallest absolute Gasteiger partial charge is 0.337 e. The number of aromatic carboxylic acids is 1. The van der Waals surface area contributed by atoms with Crippen molar-refractivity contribution in [2.75, 3.05) is 5.73 Å². The van der Waals surface area contributed by atoms with Crippen LogP contribution in [-0.2, 0) is 0 Å². The number of fused-ring (bicyclic) bond motifs is 1. The maximum Gasteiger partial charge on any atom is 0.337 e. The number of carboxylic acid groups (broad SMARTS) is 1. The zero-order valence-corrected chi connectivity index (χ0v) is 8.45. The van der Waals surface area contributed by atoms with Crippen LogP contribution in [0, 0.1) is 0 Å². The van der Waals surface area contributed by atoms with E-state index < -0.39 is 5.97 Å². The number of rotatable bonds is 1. The summed E-state index contributed by atoms with van der Waals surface area (Å²) in [5.74, 6) is -1.02. The van der Waals surface area contributed by atoms with Crippen LogP contribution in [0.1, 0.15) is 10.4 Å². The molecule has 0 amide bonds. The molecule has 0 bridgehead atoms. The fourth-order valence-electron chi connectivity index (χ4n) is 1.47. The molecule has 0 aliphatic carbocycles. The van der Waals surface area contributed by atoms with E-state index in [1.54, 1.807) is 30.3 Å². The predicted octanol–water partition coefficient (Wildman–Crippen LogP) is 2.77. The van der Waals surface area contributed by atoms with Crippen molar-refractivity contribution in [3.63, 3.8) is 0 Å². The van der Waals surface area contributed by atoms with Gasteiger partial charge in [-0.15, -0.1) is 0 Å². The third-order valence-corrected chi connectivity index (χ3v) is 2.44. The van der Waals surface area contributed by atoms with Crippen LogP contribution in [0.2, 0.25) is 5.02 Å². The molecule has 2 aromatic rings. The molecule has 0 saturated carbocycles. The molecule has 2 aromatic carbocycles. The molecule has 0 saturated heterocycles. The van der Waals surface area contributed by atoms with Crippen LogP contribution in [0.25, 0.3) is 10.8 Å². The SMILES string of the molecule is Nc1cc2cc(Cl)ccc2cc1C(=O)O. The van der Waals surface area contributed by atoms with E-state index in [1.807, 2.05) is 0 Å². The third kappa shape index (κ3) is 1.74. The number of nitrogens with two attached hydrogens (primary N) is 1. The van der Waals surface area contributed by atoms with Gasteiger partial charge >= 0.3 is 5.97 Å². The summed E-state index contributed by atoms with van der Waals surface area (Å²) in [6.07, 6.45) is 0. The van der Waals surface area contributed by atoms with Crippen molar-refractivity contribution in [3.8, 4) is 0 Å². The molecule has 3 nitrogen and oxygen atoms in total. The van der Waals surface area contributed by atoms with Crippen molar-refractivity contribution in [1.82, 2.24) is 0 Å². The standard InChI is InChI=1S/C11H8ClNO2/c12-8-2-1-6-4-9(11(14)15)10(13)5-7(6)3-8/h1-5H,13H2,(H,14,15). The number of halogens is 1. The lowest BCUT2D eigenvalue weighted by atomic mass is 10.1. The summed E-state index contributed by atoms with van der Waals surface area (Å²) in [5, 5.41) is 11.1. The Morgan fingerprint density at radius 1 is 1.20 bits per heavy atom. The second-order valence-corrected chi connectivity index (χ2v) is 3.67. The minimum atomic E-state index is -1.02. The van der Waals surface area contributed by atoms with E-state index in [0.29, 0.717) is 5.02 Å². The van der Waals surface area contributed by atoms with Gasteiger partial charge in [-0.05, 0) is 35.0 Å². The van der Waals surface area contributed by atoms with Crippen molar-refractivity contribution in [2.24, 2.45) is 0 Å². The minimum absolute atomic E-state index is 0.116. The van der Waals surface area contributed by atoms with Gasteiger partial charge in [0.1, 0.15) is 0 Å². The van der Waals surface area contributed by atoms with Gasteiger partial charge in [-0.25, -0.2) is 4.79 Å². The lowest BCUT2D eigenvalue weighted by molar-refractivity contribution is 0.0698. The van der Waals surface area contributed by atoms with Crippen LogP contribution in [0.5, 0.6) is 0 Å². The number of carbonyl (C=O) groups is 1. The first-order valence-corrected chi connectivity index (χ1v) is 4.68. The quantitative estimate of drug-likeness (QED) is 0.728. The molecule has 0 spiro atoms. The molecule has 4 heteroatoms. The number of benzene rings is 2. The third-order valence-electron chi connectivity index (χ3n) is 2.20. The van der Waals surface area contributed by atoms with Crippen molar-refractivity contribution < 1.29 is 9.90 Å². The summed E-state index contributed by atoms with van der Waals surface area (Å²) in [4.78, 5) is 10.8. The Hall–Kier alpha value is -1.74. The molecule has 2 rings (SSSR count). The topological polar surface area (TPSA) is 63.3 Å². The lowest BCUT2D eigenvalue weighted by Crippen LogP contribution is -2.01. The first-order chi connectivity index (χ1) is 7.08. The van der Waals surface area contributed by atoms with E-state index in [0.717, 1.165) is 10.8 Å². The van der Waals surface area contributed by atoms with E-state index in [-0.39, 0.29) is 11.3 Å². The lowest BCUT2D eigenvalue weighted by Gasteiger charge is -2.04. The van der Waals surface area contributed by atoms with Gasteiger partial charge in [0, 0.05) is 10.7 Å². The van der Waals surface area contributed by atoms with Gasteiger partial charge in [0.25, 0.3) is 0 Å². The summed E-state index contributed by atoms with van der Waals surface area (Å²) in [5.41, 5.74) is 5.98. The van der Waals surface area contributed by atoms with Gasteiger partial charge in [-0.2, -0.15) is 0 Å². The minimum Gasteiger partial charge on any atom is -0.478 e. The van der Waals surface area contributed by atoms with Gasteiger partial charge in [-0.1, -0.05) is 17.7 Å². The Morgan fingerprint density at radius 2 is 1.93 bits per heavy atom. The highest BCUT2D eigenvalue weighted by molar-refractivity contribution is 6.31. The van der Waals surface area contributed by atoms with Crippen LogP contribution in [-0.4, -0.2) is 11.1 Å². The average Bonchev–Trinajstić information content (AvgIpc) is 2.15.